The van der Waals surface area contributed by atoms with Crippen LogP contribution in [0.5, 0.6) is 0 Å². The van der Waals surface area contributed by atoms with E-state index >= 15 is 0 Å². The summed E-state index contributed by atoms with van der Waals surface area (Å²) in [6.45, 7) is 0. The van der Waals surface area contributed by atoms with Gasteiger partial charge in [-0.2, -0.15) is 5.10 Å². The number of nitro groups is 1. The van der Waals surface area contributed by atoms with Gasteiger partial charge in [0.15, 0.2) is 0 Å². The zero-order chi connectivity index (χ0) is 22.5. The van der Waals surface area contributed by atoms with Crippen LogP contribution >= 0.6 is 0 Å². The van der Waals surface area contributed by atoms with Gasteiger partial charge in [0.2, 0.25) is 0 Å². The summed E-state index contributed by atoms with van der Waals surface area (Å²) >= 11 is 0. The van der Waals surface area contributed by atoms with Gasteiger partial charge in [-0.15, -0.1) is 0 Å². The maximum absolute atomic E-state index is 12.5. The van der Waals surface area contributed by atoms with Crippen LogP contribution < -0.4 is 0 Å². The van der Waals surface area contributed by atoms with E-state index in [1.54, 1.807) is 53.5 Å². The summed E-state index contributed by atoms with van der Waals surface area (Å²) in [6, 6.07) is 20.9. The number of ether oxygens (including phenoxy) is 1. The smallest absolute Gasteiger partial charge is 0.340 e. The molecule has 0 atom stereocenters. The van der Waals surface area contributed by atoms with Crippen molar-refractivity contribution >= 4 is 23.3 Å². The Kier molecular flexibility index (Phi) is 5.85. The van der Waals surface area contributed by atoms with Crippen LogP contribution in [0.15, 0.2) is 85.2 Å². The quantitative estimate of drug-likeness (QED) is 0.194. The number of non-ortho nitro benzene ring substituents is 1. The summed E-state index contributed by atoms with van der Waals surface area (Å²) in [5.74, 6) is -0.536. The number of carbonyl (C=O) groups is 1. The lowest BCUT2D eigenvalue weighted by molar-refractivity contribution is -0.384. The predicted octanol–water partition coefficient (Wildman–Crippen LogP) is 4.56. The second kappa shape index (κ2) is 9.05. The van der Waals surface area contributed by atoms with Crippen molar-refractivity contribution in [2.24, 2.45) is 0 Å². The maximum atomic E-state index is 12.5. The molecule has 158 valence electrons. The Morgan fingerprint density at radius 2 is 1.75 bits per heavy atom. The van der Waals surface area contributed by atoms with Crippen molar-refractivity contribution in [1.82, 2.24) is 14.8 Å². The fraction of sp³-hybridized carbons (Fsp3) is 0.0417. The lowest BCUT2D eigenvalue weighted by Gasteiger charge is -2.05. The molecule has 8 nitrogen and oxygen atoms in total. The lowest BCUT2D eigenvalue weighted by Crippen LogP contribution is -2.05. The van der Waals surface area contributed by atoms with Gasteiger partial charge in [-0.05, 0) is 42.5 Å². The van der Waals surface area contributed by atoms with Gasteiger partial charge in [-0.1, -0.05) is 24.3 Å². The van der Waals surface area contributed by atoms with E-state index in [9.17, 15) is 14.9 Å². The lowest BCUT2D eigenvalue weighted by atomic mass is 10.0. The third-order valence-corrected chi connectivity index (χ3v) is 4.76. The molecule has 2 aromatic carbocycles. The van der Waals surface area contributed by atoms with Crippen LogP contribution in [-0.2, 0) is 9.53 Å². The second-order valence-electron chi connectivity index (χ2n) is 6.78. The molecule has 0 aliphatic heterocycles. The molecule has 0 saturated carbocycles. The van der Waals surface area contributed by atoms with E-state index in [1.807, 2.05) is 30.3 Å². The molecule has 4 rings (SSSR count). The first-order valence-corrected chi connectivity index (χ1v) is 9.68. The largest absolute Gasteiger partial charge is 0.465 e. The van der Waals surface area contributed by atoms with Crippen molar-refractivity contribution in [2.75, 3.05) is 7.11 Å². The van der Waals surface area contributed by atoms with Gasteiger partial charge in [-0.25, -0.2) is 9.48 Å². The maximum Gasteiger partial charge on any atom is 0.340 e. The molecule has 2 heterocycles. The monoisotopic (exact) mass is 426 g/mol. The van der Waals surface area contributed by atoms with Crippen LogP contribution in [0.2, 0.25) is 0 Å². The molecule has 0 fully saturated rings. The zero-order valence-electron chi connectivity index (χ0n) is 17.1. The Bertz CT molecular complexity index is 1280. The van der Waals surface area contributed by atoms with Crippen molar-refractivity contribution in [3.63, 3.8) is 0 Å². The molecule has 0 N–H and O–H groups in total. The number of hydrogen-bond acceptors (Lipinski definition) is 6. The minimum atomic E-state index is -0.536. The van der Waals surface area contributed by atoms with E-state index in [1.165, 1.54) is 19.2 Å². The van der Waals surface area contributed by atoms with Crippen molar-refractivity contribution in [2.45, 2.75) is 0 Å². The number of esters is 1. The molecular weight excluding hydrogens is 408 g/mol. The highest BCUT2D eigenvalue weighted by Crippen LogP contribution is 2.29. The number of pyridine rings is 1. The summed E-state index contributed by atoms with van der Waals surface area (Å²) in [7, 11) is 1.31. The van der Waals surface area contributed by atoms with Gasteiger partial charge in [-0.3, -0.25) is 15.1 Å². The number of benzene rings is 2. The van der Waals surface area contributed by atoms with Gasteiger partial charge in [0, 0.05) is 35.7 Å². The van der Waals surface area contributed by atoms with Crippen molar-refractivity contribution < 1.29 is 14.5 Å². The van der Waals surface area contributed by atoms with Crippen molar-refractivity contribution in [3.8, 4) is 16.9 Å². The minimum absolute atomic E-state index is 0.0166. The number of rotatable bonds is 6. The number of hydrogen-bond donors (Lipinski definition) is 0. The average Bonchev–Trinajstić information content (AvgIpc) is 3.27. The molecule has 0 aliphatic carbocycles. The van der Waals surface area contributed by atoms with Crippen LogP contribution in [0.1, 0.15) is 11.3 Å². The first-order chi connectivity index (χ1) is 15.6. The zero-order valence-corrected chi connectivity index (χ0v) is 17.1. The standard InChI is InChI=1S/C24H18N4O4/c1-32-24(29)21(22-9-5-6-14-25-22)15-18-16-27(19-7-3-2-4-8-19)26-23(18)17-10-12-20(13-11-17)28(30)31/h2-16H,1H3/b21-15+. The third-order valence-electron chi connectivity index (χ3n) is 4.76. The third kappa shape index (κ3) is 4.29. The van der Waals surface area contributed by atoms with Crippen LogP contribution in [-0.4, -0.2) is 32.8 Å². The Morgan fingerprint density at radius 1 is 1.03 bits per heavy atom. The minimum Gasteiger partial charge on any atom is -0.465 e. The Labute approximate surface area is 183 Å². The molecule has 32 heavy (non-hydrogen) atoms. The number of methoxy groups -OCH3 is 1. The molecule has 4 aromatic rings. The van der Waals surface area contributed by atoms with E-state index < -0.39 is 10.9 Å². The molecule has 0 amide bonds. The van der Waals surface area contributed by atoms with Crippen molar-refractivity contribution in [1.29, 1.82) is 0 Å². The molecule has 0 saturated heterocycles. The number of nitrogens with zero attached hydrogens (tertiary/aromatic N) is 4. The molecule has 8 heteroatoms. The van der Waals surface area contributed by atoms with E-state index in [4.69, 9.17) is 4.74 Å². The predicted molar refractivity (Wildman–Crippen MR) is 120 cm³/mol. The van der Waals surface area contributed by atoms with Crippen LogP contribution in [0.3, 0.4) is 0 Å². The summed E-state index contributed by atoms with van der Waals surface area (Å²) in [5, 5.41) is 15.7. The topological polar surface area (TPSA) is 100 Å². The molecule has 0 bridgehead atoms. The van der Waals surface area contributed by atoms with Gasteiger partial charge >= 0.3 is 5.97 Å². The number of carbonyl (C=O) groups excluding carboxylic acids is 1. The number of para-hydroxylation sites is 1. The molecule has 0 spiro atoms. The molecule has 0 aliphatic rings. The Hall–Kier alpha value is -4.59. The first-order valence-electron chi connectivity index (χ1n) is 9.68. The molecule has 0 unspecified atom stereocenters. The first kappa shape index (κ1) is 20.7. The Balaban J connectivity index is 1.89. The summed E-state index contributed by atoms with van der Waals surface area (Å²) < 4.78 is 6.66. The fourth-order valence-corrected chi connectivity index (χ4v) is 3.20. The molecule has 0 radical (unpaired) electrons. The highest BCUT2D eigenvalue weighted by Gasteiger charge is 2.18. The highest BCUT2D eigenvalue weighted by molar-refractivity contribution is 6.21. The molecular formula is C24H18N4O4. The van der Waals surface area contributed by atoms with Gasteiger partial charge in [0.05, 0.1) is 34.7 Å². The van der Waals surface area contributed by atoms with Gasteiger partial charge < -0.3 is 4.74 Å². The Morgan fingerprint density at radius 3 is 2.38 bits per heavy atom. The summed E-state index contributed by atoms with van der Waals surface area (Å²) in [5.41, 5.74) is 3.40. The SMILES string of the molecule is COC(=O)/C(=C/c1cn(-c2ccccc2)nc1-c1ccc([N+](=O)[O-])cc1)c1ccccn1. The van der Waals surface area contributed by atoms with E-state index in [0.29, 0.717) is 22.5 Å². The van der Waals surface area contributed by atoms with Crippen LogP contribution in [0.4, 0.5) is 5.69 Å². The fourth-order valence-electron chi connectivity index (χ4n) is 3.20. The van der Waals surface area contributed by atoms with Gasteiger partial charge in [0.1, 0.15) is 0 Å². The van der Waals surface area contributed by atoms with Gasteiger partial charge in [0.25, 0.3) is 5.69 Å². The van der Waals surface area contributed by atoms with Crippen LogP contribution in [0, 0.1) is 10.1 Å². The summed E-state index contributed by atoms with van der Waals surface area (Å²) in [6.07, 6.45) is 5.05. The number of aromatic nitrogens is 3. The number of nitro benzene ring substituents is 1. The summed E-state index contributed by atoms with van der Waals surface area (Å²) in [4.78, 5) is 27.4. The highest BCUT2D eigenvalue weighted by atomic mass is 16.6. The average molecular weight is 426 g/mol. The van der Waals surface area contributed by atoms with E-state index in [0.717, 1.165) is 5.69 Å². The van der Waals surface area contributed by atoms with Crippen molar-refractivity contribution in [3.05, 3.63) is 107 Å². The van der Waals surface area contributed by atoms with Crippen LogP contribution in [0.25, 0.3) is 28.6 Å². The normalized spacial score (nSPS) is 11.2. The van der Waals surface area contributed by atoms with E-state index in [2.05, 4.69) is 10.1 Å². The van der Waals surface area contributed by atoms with E-state index in [-0.39, 0.29) is 11.3 Å². The molecule has 2 aromatic heterocycles. The second-order valence-corrected chi connectivity index (χ2v) is 6.78.